The third-order valence-corrected chi connectivity index (χ3v) is 2.63. The maximum Gasteiger partial charge on any atom is 0.286 e. The van der Waals surface area contributed by atoms with Crippen LogP contribution in [0.4, 0.5) is 0 Å². The van der Waals surface area contributed by atoms with Gasteiger partial charge in [0.15, 0.2) is 5.76 Å². The first-order valence-electron chi connectivity index (χ1n) is 5.82. The van der Waals surface area contributed by atoms with E-state index in [1.807, 2.05) is 30.3 Å². The lowest BCUT2D eigenvalue weighted by Crippen LogP contribution is -2.25. The molecule has 1 amide bonds. The van der Waals surface area contributed by atoms with Crippen LogP contribution in [0.3, 0.4) is 0 Å². The first kappa shape index (κ1) is 12.4. The van der Waals surface area contributed by atoms with Crippen LogP contribution < -0.4 is 5.32 Å². The molecule has 0 aliphatic heterocycles. The van der Waals surface area contributed by atoms with Crippen LogP contribution in [0.1, 0.15) is 28.6 Å². The topological polar surface area (TPSA) is 62.5 Å². The van der Waals surface area contributed by atoms with E-state index in [4.69, 9.17) is 4.42 Å². The lowest BCUT2D eigenvalue weighted by atomic mass is 10.1. The highest BCUT2D eigenvalue weighted by atomic mass is 16.3. The number of amides is 1. The van der Waals surface area contributed by atoms with Crippen molar-refractivity contribution in [3.8, 4) is 0 Å². The minimum atomic E-state index is -0.567. The van der Waals surface area contributed by atoms with Gasteiger partial charge in [0.25, 0.3) is 5.91 Å². The van der Waals surface area contributed by atoms with Crippen molar-refractivity contribution in [2.24, 2.45) is 0 Å². The smallest absolute Gasteiger partial charge is 0.286 e. The Hall–Kier alpha value is -2.07. The second-order valence-electron chi connectivity index (χ2n) is 3.95. The van der Waals surface area contributed by atoms with E-state index in [0.29, 0.717) is 13.0 Å². The van der Waals surface area contributed by atoms with Crippen LogP contribution in [0, 0.1) is 0 Å². The molecule has 0 aliphatic rings. The van der Waals surface area contributed by atoms with E-state index in [2.05, 4.69) is 5.32 Å². The number of rotatable bonds is 5. The first-order chi connectivity index (χ1) is 8.77. The third-order valence-electron chi connectivity index (χ3n) is 2.63. The third kappa shape index (κ3) is 3.21. The Morgan fingerprint density at radius 3 is 2.67 bits per heavy atom. The predicted octanol–water partition coefficient (Wildman–Crippen LogP) is 2.13. The molecule has 18 heavy (non-hydrogen) atoms. The van der Waals surface area contributed by atoms with Crippen molar-refractivity contribution >= 4 is 5.91 Å². The zero-order valence-electron chi connectivity index (χ0n) is 9.87. The second-order valence-corrected chi connectivity index (χ2v) is 3.95. The zero-order chi connectivity index (χ0) is 12.8. The van der Waals surface area contributed by atoms with Gasteiger partial charge in [0.1, 0.15) is 0 Å². The van der Waals surface area contributed by atoms with Crippen molar-refractivity contribution in [3.05, 3.63) is 60.1 Å². The first-order valence-corrected chi connectivity index (χ1v) is 5.82. The Labute approximate surface area is 105 Å². The molecule has 4 heteroatoms. The van der Waals surface area contributed by atoms with Crippen molar-refractivity contribution < 1.29 is 14.3 Å². The molecule has 1 atom stereocenters. The van der Waals surface area contributed by atoms with Gasteiger partial charge in [-0.25, -0.2) is 0 Å². The summed E-state index contributed by atoms with van der Waals surface area (Å²) in [7, 11) is 0. The number of aliphatic hydroxyl groups excluding tert-OH is 1. The van der Waals surface area contributed by atoms with Gasteiger partial charge in [-0.15, -0.1) is 0 Å². The van der Waals surface area contributed by atoms with E-state index in [0.717, 1.165) is 5.56 Å². The molecule has 1 aromatic heterocycles. The molecule has 0 fully saturated rings. The average Bonchev–Trinajstić information content (AvgIpc) is 2.93. The lowest BCUT2D eigenvalue weighted by molar-refractivity contribution is 0.0915. The summed E-state index contributed by atoms with van der Waals surface area (Å²) in [5.41, 5.74) is 0.852. The van der Waals surface area contributed by atoms with Crippen molar-refractivity contribution in [1.82, 2.24) is 5.32 Å². The lowest BCUT2D eigenvalue weighted by Gasteiger charge is -2.10. The molecule has 2 rings (SSSR count). The monoisotopic (exact) mass is 245 g/mol. The van der Waals surface area contributed by atoms with Gasteiger partial charge in [-0.3, -0.25) is 4.79 Å². The normalized spacial score (nSPS) is 12.1. The van der Waals surface area contributed by atoms with Gasteiger partial charge in [-0.05, 0) is 24.1 Å². The number of benzene rings is 1. The fourth-order valence-electron chi connectivity index (χ4n) is 1.66. The van der Waals surface area contributed by atoms with Gasteiger partial charge in [-0.1, -0.05) is 30.3 Å². The second kappa shape index (κ2) is 6.02. The van der Waals surface area contributed by atoms with Gasteiger partial charge in [0.2, 0.25) is 0 Å². The Kier molecular flexibility index (Phi) is 4.15. The molecule has 1 aromatic carbocycles. The molecule has 94 valence electrons. The summed E-state index contributed by atoms with van der Waals surface area (Å²) in [6.45, 7) is 0.398. The Bertz CT molecular complexity index is 479. The largest absolute Gasteiger partial charge is 0.459 e. The molecule has 0 saturated carbocycles. The molecule has 0 radical (unpaired) electrons. The number of carbonyl (C=O) groups excluding carboxylic acids is 1. The summed E-state index contributed by atoms with van der Waals surface area (Å²) in [6.07, 6.45) is 1.35. The van der Waals surface area contributed by atoms with Crippen molar-refractivity contribution in [2.45, 2.75) is 12.5 Å². The molecule has 0 saturated heterocycles. The quantitative estimate of drug-likeness (QED) is 0.848. The highest BCUT2D eigenvalue weighted by Crippen LogP contribution is 2.14. The molecule has 0 bridgehead atoms. The molecular weight excluding hydrogens is 230 g/mol. The number of nitrogens with one attached hydrogen (secondary N) is 1. The summed E-state index contributed by atoms with van der Waals surface area (Å²) in [4.78, 5) is 11.5. The van der Waals surface area contributed by atoms with Crippen LogP contribution in [0.2, 0.25) is 0 Å². The minimum absolute atomic E-state index is 0.264. The number of hydrogen-bond acceptors (Lipinski definition) is 3. The van der Waals surface area contributed by atoms with Crippen molar-refractivity contribution in [2.75, 3.05) is 6.54 Å². The summed E-state index contributed by atoms with van der Waals surface area (Å²) in [6, 6.07) is 12.6. The van der Waals surface area contributed by atoms with Gasteiger partial charge in [-0.2, -0.15) is 0 Å². The fraction of sp³-hybridized carbons (Fsp3) is 0.214. The zero-order valence-corrected chi connectivity index (χ0v) is 9.87. The van der Waals surface area contributed by atoms with E-state index in [-0.39, 0.29) is 11.7 Å². The van der Waals surface area contributed by atoms with E-state index in [9.17, 15) is 9.90 Å². The highest BCUT2D eigenvalue weighted by Gasteiger charge is 2.10. The SMILES string of the molecule is O=C(NCC[C@@H](O)c1ccccc1)c1ccco1. The molecule has 0 unspecified atom stereocenters. The molecule has 0 spiro atoms. The Balaban J connectivity index is 1.77. The fourth-order valence-corrected chi connectivity index (χ4v) is 1.66. The van der Waals surface area contributed by atoms with E-state index in [1.54, 1.807) is 12.1 Å². The predicted molar refractivity (Wildman–Crippen MR) is 67.1 cm³/mol. The number of hydrogen-bond donors (Lipinski definition) is 2. The summed E-state index contributed by atoms with van der Waals surface area (Å²) >= 11 is 0. The number of carbonyl (C=O) groups is 1. The summed E-state index contributed by atoms with van der Waals surface area (Å²) in [5, 5.41) is 12.6. The van der Waals surface area contributed by atoms with Crippen LogP contribution in [0.15, 0.2) is 53.1 Å². The Morgan fingerprint density at radius 2 is 2.00 bits per heavy atom. The van der Waals surface area contributed by atoms with Gasteiger partial charge >= 0.3 is 0 Å². The molecule has 4 nitrogen and oxygen atoms in total. The molecule has 1 heterocycles. The summed E-state index contributed by atoms with van der Waals surface area (Å²) < 4.78 is 4.96. The number of aliphatic hydroxyl groups is 1. The van der Waals surface area contributed by atoms with Gasteiger partial charge < -0.3 is 14.8 Å². The van der Waals surface area contributed by atoms with Gasteiger partial charge in [0, 0.05) is 6.54 Å². The average molecular weight is 245 g/mol. The highest BCUT2D eigenvalue weighted by molar-refractivity contribution is 5.91. The molecule has 2 aromatic rings. The van der Waals surface area contributed by atoms with Crippen LogP contribution in [0.25, 0.3) is 0 Å². The van der Waals surface area contributed by atoms with Crippen LogP contribution in [0.5, 0.6) is 0 Å². The molecule has 2 N–H and O–H groups in total. The van der Waals surface area contributed by atoms with Crippen LogP contribution >= 0.6 is 0 Å². The van der Waals surface area contributed by atoms with Crippen LogP contribution in [-0.2, 0) is 0 Å². The maximum absolute atomic E-state index is 11.5. The molecule has 0 aliphatic carbocycles. The minimum Gasteiger partial charge on any atom is -0.459 e. The van der Waals surface area contributed by atoms with E-state index < -0.39 is 6.10 Å². The van der Waals surface area contributed by atoms with E-state index >= 15 is 0 Å². The number of furan rings is 1. The van der Waals surface area contributed by atoms with Gasteiger partial charge in [0.05, 0.1) is 12.4 Å². The summed E-state index contributed by atoms with van der Waals surface area (Å²) in [5.74, 6) is 0.0180. The Morgan fingerprint density at radius 1 is 1.22 bits per heavy atom. The van der Waals surface area contributed by atoms with Crippen LogP contribution in [-0.4, -0.2) is 17.6 Å². The van der Waals surface area contributed by atoms with E-state index in [1.165, 1.54) is 6.26 Å². The van der Waals surface area contributed by atoms with Crippen molar-refractivity contribution in [1.29, 1.82) is 0 Å². The van der Waals surface area contributed by atoms with Crippen molar-refractivity contribution in [3.63, 3.8) is 0 Å². The standard InChI is InChI=1S/C14H15NO3/c16-12(11-5-2-1-3-6-11)8-9-15-14(17)13-7-4-10-18-13/h1-7,10,12,16H,8-9H2,(H,15,17)/t12-/m1/s1. The maximum atomic E-state index is 11.5. The molecular formula is C14H15NO3.